The summed E-state index contributed by atoms with van der Waals surface area (Å²) in [5.41, 5.74) is -0.158. The number of hydrogen-bond donors (Lipinski definition) is 0. The van der Waals surface area contributed by atoms with Gasteiger partial charge in [0.1, 0.15) is 19.0 Å². The number of rotatable bonds is 6. The second-order valence-electron chi connectivity index (χ2n) is 5.94. The van der Waals surface area contributed by atoms with Gasteiger partial charge >= 0.3 is 11.7 Å². The van der Waals surface area contributed by atoms with Crippen molar-refractivity contribution in [3.63, 3.8) is 0 Å². The molecule has 20 heavy (non-hydrogen) atoms. The molecule has 0 amide bonds. The Morgan fingerprint density at radius 2 is 1.80 bits per heavy atom. The highest BCUT2D eigenvalue weighted by Crippen LogP contribution is 2.36. The molecule has 0 fully saturated rings. The van der Waals surface area contributed by atoms with Gasteiger partial charge in [0.2, 0.25) is 0 Å². The van der Waals surface area contributed by atoms with Crippen molar-refractivity contribution in [2.75, 3.05) is 13.2 Å². The first kappa shape index (κ1) is 16.5. The van der Waals surface area contributed by atoms with Crippen molar-refractivity contribution in [1.29, 1.82) is 0 Å². The van der Waals surface area contributed by atoms with Crippen molar-refractivity contribution in [3.05, 3.63) is 22.5 Å². The van der Waals surface area contributed by atoms with Crippen molar-refractivity contribution < 1.29 is 14.1 Å². The Balaban J connectivity index is 2.40. The molecule has 0 aliphatic heterocycles. The zero-order valence-electron chi connectivity index (χ0n) is 12.5. The molecule has 1 rings (SSSR count). The van der Waals surface area contributed by atoms with Crippen LogP contribution in [-0.2, 0) is 4.43 Å². The molecular weight excluding hydrogens is 278 g/mol. The maximum Gasteiger partial charge on any atom is 0.316 e. The minimum atomic E-state index is -1.78. The minimum Gasteiger partial charge on any atom is -0.461 e. The largest absolute Gasteiger partial charge is 0.461 e. The van der Waals surface area contributed by atoms with E-state index in [1.165, 1.54) is 0 Å². The van der Waals surface area contributed by atoms with Gasteiger partial charge in [-0.2, -0.15) is 9.97 Å². The lowest BCUT2D eigenvalue weighted by Crippen LogP contribution is -2.41. The van der Waals surface area contributed by atoms with Gasteiger partial charge in [0, 0.05) is 0 Å². The number of ether oxygens (including phenoxy) is 1. The van der Waals surface area contributed by atoms with Crippen molar-refractivity contribution in [2.24, 2.45) is 0 Å². The van der Waals surface area contributed by atoms with Gasteiger partial charge in [0.15, 0.2) is 8.32 Å². The monoisotopic (exact) mass is 299 g/mol. The molecule has 0 spiro atoms. The van der Waals surface area contributed by atoms with Gasteiger partial charge < -0.3 is 9.16 Å². The van der Waals surface area contributed by atoms with Gasteiger partial charge in [0.05, 0.1) is 11.5 Å². The zero-order chi connectivity index (χ0) is 15.4. The maximum absolute atomic E-state index is 10.4. The van der Waals surface area contributed by atoms with Crippen LogP contribution in [0.15, 0.2) is 12.4 Å². The first-order chi connectivity index (χ1) is 9.13. The van der Waals surface area contributed by atoms with Crippen LogP contribution >= 0.6 is 0 Å². The smallest absolute Gasteiger partial charge is 0.316 e. The first-order valence-electron chi connectivity index (χ1n) is 6.37. The summed E-state index contributed by atoms with van der Waals surface area (Å²) in [4.78, 5) is 17.4. The fourth-order valence-corrected chi connectivity index (χ4v) is 2.15. The van der Waals surface area contributed by atoms with E-state index < -0.39 is 13.2 Å². The average molecular weight is 299 g/mol. The van der Waals surface area contributed by atoms with E-state index in [-0.39, 0.29) is 16.7 Å². The van der Waals surface area contributed by atoms with E-state index in [1.54, 1.807) is 0 Å². The Hall–Kier alpha value is -1.54. The third-order valence-corrected chi connectivity index (χ3v) is 7.95. The molecule has 1 aromatic heterocycles. The third kappa shape index (κ3) is 4.53. The van der Waals surface area contributed by atoms with Crippen LogP contribution in [0.2, 0.25) is 18.1 Å². The summed E-state index contributed by atoms with van der Waals surface area (Å²) in [6.45, 7) is 11.6. The standard InChI is InChI=1S/C12H21N3O4Si/c1-12(2,3)20(4,5)19-7-6-18-11-13-8-10(9-14-11)15(16)17/h8-9H,6-7H2,1-5H3. The summed E-state index contributed by atoms with van der Waals surface area (Å²) in [7, 11) is -1.78. The Labute approximate surface area is 119 Å². The summed E-state index contributed by atoms with van der Waals surface area (Å²) < 4.78 is 11.2. The summed E-state index contributed by atoms with van der Waals surface area (Å²) in [5.74, 6) is 0. The second-order valence-corrected chi connectivity index (χ2v) is 10.7. The summed E-state index contributed by atoms with van der Waals surface area (Å²) in [5, 5.41) is 10.6. The molecule has 7 nitrogen and oxygen atoms in total. The fraction of sp³-hybridized carbons (Fsp3) is 0.667. The quantitative estimate of drug-likeness (QED) is 0.347. The van der Waals surface area contributed by atoms with Crippen LogP contribution < -0.4 is 4.74 Å². The van der Waals surface area contributed by atoms with E-state index in [4.69, 9.17) is 9.16 Å². The lowest BCUT2D eigenvalue weighted by molar-refractivity contribution is -0.385. The van der Waals surface area contributed by atoms with Crippen molar-refractivity contribution in [3.8, 4) is 6.01 Å². The Morgan fingerprint density at radius 3 is 2.25 bits per heavy atom. The van der Waals surface area contributed by atoms with Gasteiger partial charge in [-0.3, -0.25) is 10.1 Å². The molecule has 112 valence electrons. The number of aromatic nitrogens is 2. The van der Waals surface area contributed by atoms with Crippen LogP contribution in [0.25, 0.3) is 0 Å². The van der Waals surface area contributed by atoms with Gasteiger partial charge in [-0.1, -0.05) is 20.8 Å². The van der Waals surface area contributed by atoms with Crippen LogP contribution in [0, 0.1) is 10.1 Å². The third-order valence-electron chi connectivity index (χ3n) is 3.41. The fourth-order valence-electron chi connectivity index (χ4n) is 1.12. The molecule has 0 unspecified atom stereocenters. The molecule has 1 heterocycles. The van der Waals surface area contributed by atoms with Crippen molar-refractivity contribution >= 4 is 14.0 Å². The van der Waals surface area contributed by atoms with E-state index in [9.17, 15) is 10.1 Å². The summed E-state index contributed by atoms with van der Waals surface area (Å²) >= 11 is 0. The van der Waals surface area contributed by atoms with E-state index in [1.807, 2.05) is 0 Å². The van der Waals surface area contributed by atoms with Gasteiger partial charge in [-0.25, -0.2) is 0 Å². The van der Waals surface area contributed by atoms with Crippen molar-refractivity contribution in [1.82, 2.24) is 9.97 Å². The van der Waals surface area contributed by atoms with Gasteiger partial charge in [-0.15, -0.1) is 0 Å². The van der Waals surface area contributed by atoms with Crippen LogP contribution in [0.5, 0.6) is 6.01 Å². The topological polar surface area (TPSA) is 87.4 Å². The predicted molar refractivity (Wildman–Crippen MR) is 77.3 cm³/mol. The van der Waals surface area contributed by atoms with Gasteiger partial charge in [0.25, 0.3) is 0 Å². The van der Waals surface area contributed by atoms with Crippen LogP contribution in [0.4, 0.5) is 5.69 Å². The molecule has 0 aliphatic carbocycles. The number of hydrogen-bond acceptors (Lipinski definition) is 6. The Kier molecular flexibility index (Phi) is 5.18. The highest BCUT2D eigenvalue weighted by atomic mass is 28.4. The van der Waals surface area contributed by atoms with Crippen LogP contribution in [0.3, 0.4) is 0 Å². The lowest BCUT2D eigenvalue weighted by Gasteiger charge is -2.36. The molecule has 0 saturated carbocycles. The highest BCUT2D eigenvalue weighted by Gasteiger charge is 2.36. The van der Waals surface area contributed by atoms with E-state index >= 15 is 0 Å². The molecule has 0 saturated heterocycles. The minimum absolute atomic E-state index is 0.120. The summed E-state index contributed by atoms with van der Waals surface area (Å²) in [6, 6.07) is 0.120. The molecule has 0 bridgehead atoms. The molecule has 8 heteroatoms. The predicted octanol–water partition coefficient (Wildman–Crippen LogP) is 2.79. The SMILES string of the molecule is CC(C)(C)[Si](C)(C)OCCOc1ncc([N+](=O)[O-])cn1. The van der Waals surface area contributed by atoms with Crippen molar-refractivity contribution in [2.45, 2.75) is 38.9 Å². The molecule has 0 N–H and O–H groups in total. The molecule has 1 aromatic rings. The molecule has 0 aliphatic rings. The first-order valence-corrected chi connectivity index (χ1v) is 9.27. The van der Waals surface area contributed by atoms with Crippen LogP contribution in [0.1, 0.15) is 20.8 Å². The lowest BCUT2D eigenvalue weighted by atomic mass is 10.2. The molecule has 0 aromatic carbocycles. The zero-order valence-corrected chi connectivity index (χ0v) is 13.5. The molecule has 0 atom stereocenters. The second kappa shape index (κ2) is 6.27. The Morgan fingerprint density at radius 1 is 1.25 bits per heavy atom. The van der Waals surface area contributed by atoms with E-state index in [0.29, 0.717) is 13.2 Å². The van der Waals surface area contributed by atoms with Gasteiger partial charge in [-0.05, 0) is 18.1 Å². The van der Waals surface area contributed by atoms with E-state index in [2.05, 4.69) is 43.8 Å². The van der Waals surface area contributed by atoms with Crippen LogP contribution in [-0.4, -0.2) is 36.4 Å². The summed E-state index contributed by atoms with van der Waals surface area (Å²) in [6.07, 6.45) is 2.24. The Bertz CT molecular complexity index is 457. The molecular formula is C12H21N3O4Si. The number of nitro groups is 1. The average Bonchev–Trinajstić information content (AvgIpc) is 2.34. The molecule has 0 radical (unpaired) electrons. The normalized spacial score (nSPS) is 12.2. The highest BCUT2D eigenvalue weighted by molar-refractivity contribution is 6.74. The maximum atomic E-state index is 10.4. The number of nitrogens with zero attached hydrogens (tertiary/aromatic N) is 3. The van der Waals surface area contributed by atoms with E-state index in [0.717, 1.165) is 12.4 Å².